The van der Waals surface area contributed by atoms with Crippen LogP contribution in [0.3, 0.4) is 0 Å². The Morgan fingerprint density at radius 2 is 2.36 bits per heavy atom. The van der Waals surface area contributed by atoms with Gasteiger partial charge in [-0.25, -0.2) is 0 Å². The first-order valence-electron chi connectivity index (χ1n) is 4.63. The number of rotatable bonds is 4. The molecule has 0 aliphatic heterocycles. The summed E-state index contributed by atoms with van der Waals surface area (Å²) in [4.78, 5) is 0. The van der Waals surface area contributed by atoms with Crippen molar-refractivity contribution in [1.29, 1.82) is 5.26 Å². The molecule has 14 heavy (non-hydrogen) atoms. The lowest BCUT2D eigenvalue weighted by Gasteiger charge is -2.15. The van der Waals surface area contributed by atoms with Gasteiger partial charge in [-0.05, 0) is 13.8 Å². The highest BCUT2D eigenvalue weighted by Gasteiger charge is 2.15. The molecule has 0 saturated heterocycles. The largest absolute Gasteiger partial charge is 0.311 e. The highest BCUT2D eigenvalue weighted by Crippen LogP contribution is 2.10. The Labute approximate surface area is 84.5 Å². The molecule has 76 valence electrons. The molecule has 0 radical (unpaired) electrons. The van der Waals surface area contributed by atoms with Gasteiger partial charge in [-0.15, -0.1) is 0 Å². The maximum Gasteiger partial charge on any atom is 0.0697 e. The fourth-order valence-electron chi connectivity index (χ4n) is 1.12. The summed E-state index contributed by atoms with van der Waals surface area (Å²) < 4.78 is 1.77. The molecule has 0 spiro atoms. The van der Waals surface area contributed by atoms with Crippen molar-refractivity contribution >= 4 is 0 Å². The predicted octanol–water partition coefficient (Wildman–Crippen LogP) is 1.06. The Morgan fingerprint density at radius 3 is 2.86 bits per heavy atom. The fraction of sp³-hybridized carbons (Fsp3) is 0.600. The predicted molar refractivity (Wildman–Crippen MR) is 54.3 cm³/mol. The molecule has 0 aliphatic carbocycles. The van der Waals surface area contributed by atoms with Gasteiger partial charge in [-0.3, -0.25) is 4.68 Å². The molecule has 0 atom stereocenters. The smallest absolute Gasteiger partial charge is 0.0697 e. The number of hydrogen-bond donors (Lipinski definition) is 1. The van der Waals surface area contributed by atoms with Crippen molar-refractivity contribution in [2.24, 2.45) is 12.5 Å². The zero-order valence-corrected chi connectivity index (χ0v) is 8.91. The number of hydrogen-bond acceptors (Lipinski definition) is 3. The number of aromatic nitrogens is 2. The van der Waals surface area contributed by atoms with Gasteiger partial charge in [0.05, 0.1) is 17.7 Å². The Balaban J connectivity index is 2.33. The van der Waals surface area contributed by atoms with Crippen LogP contribution in [0.4, 0.5) is 0 Å². The van der Waals surface area contributed by atoms with Gasteiger partial charge in [-0.1, -0.05) is 0 Å². The highest BCUT2D eigenvalue weighted by atomic mass is 15.2. The Kier molecular flexibility index (Phi) is 3.26. The van der Waals surface area contributed by atoms with E-state index in [-0.39, 0.29) is 5.41 Å². The third-order valence-electron chi connectivity index (χ3n) is 1.96. The van der Waals surface area contributed by atoms with Crippen molar-refractivity contribution in [3.8, 4) is 6.07 Å². The highest BCUT2D eigenvalue weighted by molar-refractivity contribution is 5.03. The van der Waals surface area contributed by atoms with Crippen molar-refractivity contribution in [3.05, 3.63) is 18.0 Å². The molecule has 0 bridgehead atoms. The second kappa shape index (κ2) is 4.25. The summed E-state index contributed by atoms with van der Waals surface area (Å²) in [6.07, 6.45) is 3.79. The van der Waals surface area contributed by atoms with Gasteiger partial charge < -0.3 is 5.32 Å². The van der Waals surface area contributed by atoms with Gasteiger partial charge in [-0.2, -0.15) is 10.4 Å². The maximum atomic E-state index is 8.79. The molecular formula is C10H16N4. The third-order valence-corrected chi connectivity index (χ3v) is 1.96. The van der Waals surface area contributed by atoms with Crippen LogP contribution in [0.1, 0.15) is 19.4 Å². The van der Waals surface area contributed by atoms with Crippen LogP contribution in [0.5, 0.6) is 0 Å². The Hall–Kier alpha value is -1.34. The van der Waals surface area contributed by atoms with Gasteiger partial charge >= 0.3 is 0 Å². The van der Waals surface area contributed by atoms with Gasteiger partial charge in [0.2, 0.25) is 0 Å². The van der Waals surface area contributed by atoms with E-state index in [1.54, 1.807) is 4.68 Å². The van der Waals surface area contributed by atoms with Gasteiger partial charge in [0.1, 0.15) is 0 Å². The molecular weight excluding hydrogens is 176 g/mol. The summed E-state index contributed by atoms with van der Waals surface area (Å²) in [7, 11) is 1.89. The Bertz CT molecular complexity index is 332. The number of aryl methyl sites for hydroxylation is 1. The minimum absolute atomic E-state index is 0.303. The molecule has 0 aliphatic rings. The maximum absolute atomic E-state index is 8.79. The summed E-state index contributed by atoms with van der Waals surface area (Å²) in [5.41, 5.74) is 0.837. The van der Waals surface area contributed by atoms with E-state index in [1.807, 2.05) is 33.3 Å². The van der Waals surface area contributed by atoms with E-state index in [4.69, 9.17) is 5.26 Å². The minimum Gasteiger partial charge on any atom is -0.311 e. The van der Waals surface area contributed by atoms with E-state index in [0.717, 1.165) is 12.1 Å². The third kappa shape index (κ3) is 3.19. The van der Waals surface area contributed by atoms with E-state index in [2.05, 4.69) is 16.5 Å². The zero-order valence-electron chi connectivity index (χ0n) is 8.91. The molecule has 0 aromatic carbocycles. The average molecular weight is 192 g/mol. The van der Waals surface area contributed by atoms with Crippen LogP contribution in [0.2, 0.25) is 0 Å². The van der Waals surface area contributed by atoms with E-state index < -0.39 is 0 Å². The molecule has 0 saturated carbocycles. The SMILES string of the molecule is Cn1cc(CNCC(C)(C)C#N)cn1. The summed E-state index contributed by atoms with van der Waals surface area (Å²) >= 11 is 0. The van der Waals surface area contributed by atoms with Crippen molar-refractivity contribution < 1.29 is 0 Å². The van der Waals surface area contributed by atoms with E-state index in [0.29, 0.717) is 6.54 Å². The van der Waals surface area contributed by atoms with Gasteiger partial charge in [0.15, 0.2) is 0 Å². The summed E-state index contributed by atoms with van der Waals surface area (Å²) in [6, 6.07) is 2.25. The average Bonchev–Trinajstić information content (AvgIpc) is 2.51. The minimum atomic E-state index is -0.303. The van der Waals surface area contributed by atoms with E-state index in [1.165, 1.54) is 0 Å². The molecule has 0 amide bonds. The molecule has 1 aromatic heterocycles. The van der Waals surface area contributed by atoms with Crippen LogP contribution in [-0.2, 0) is 13.6 Å². The first kappa shape index (κ1) is 10.7. The van der Waals surface area contributed by atoms with Crippen LogP contribution in [0.15, 0.2) is 12.4 Å². The van der Waals surface area contributed by atoms with Crippen molar-refractivity contribution in [1.82, 2.24) is 15.1 Å². The fourth-order valence-corrected chi connectivity index (χ4v) is 1.12. The second-order valence-electron chi connectivity index (χ2n) is 4.12. The number of nitriles is 1. The molecule has 1 N–H and O–H groups in total. The van der Waals surface area contributed by atoms with Crippen molar-refractivity contribution in [2.45, 2.75) is 20.4 Å². The monoisotopic (exact) mass is 192 g/mol. The molecule has 1 rings (SSSR count). The van der Waals surface area contributed by atoms with E-state index in [9.17, 15) is 0 Å². The van der Waals surface area contributed by atoms with Crippen LogP contribution < -0.4 is 5.32 Å². The van der Waals surface area contributed by atoms with Crippen LogP contribution >= 0.6 is 0 Å². The summed E-state index contributed by atoms with van der Waals surface area (Å²) in [6.45, 7) is 5.30. The van der Waals surface area contributed by atoms with Crippen LogP contribution in [-0.4, -0.2) is 16.3 Å². The van der Waals surface area contributed by atoms with Crippen LogP contribution in [0.25, 0.3) is 0 Å². The standard InChI is InChI=1S/C10H16N4/c1-10(2,7-11)8-12-4-9-5-13-14(3)6-9/h5-6,12H,4,8H2,1-3H3. The molecule has 1 heterocycles. The first-order valence-corrected chi connectivity index (χ1v) is 4.63. The quantitative estimate of drug-likeness (QED) is 0.776. The molecule has 4 nitrogen and oxygen atoms in total. The number of nitrogens with one attached hydrogen (secondary N) is 1. The van der Waals surface area contributed by atoms with Crippen molar-refractivity contribution in [2.75, 3.05) is 6.54 Å². The van der Waals surface area contributed by atoms with E-state index >= 15 is 0 Å². The molecule has 4 heteroatoms. The zero-order chi connectivity index (χ0) is 10.6. The second-order valence-corrected chi connectivity index (χ2v) is 4.12. The summed E-state index contributed by atoms with van der Waals surface area (Å²) in [5, 5.41) is 16.1. The number of nitrogens with zero attached hydrogens (tertiary/aromatic N) is 3. The summed E-state index contributed by atoms with van der Waals surface area (Å²) in [5.74, 6) is 0. The lowest BCUT2D eigenvalue weighted by molar-refractivity contribution is 0.445. The molecule has 0 unspecified atom stereocenters. The van der Waals surface area contributed by atoms with Gasteiger partial charge in [0.25, 0.3) is 0 Å². The molecule has 0 fully saturated rings. The Morgan fingerprint density at radius 1 is 1.64 bits per heavy atom. The normalized spacial score (nSPS) is 11.3. The molecule has 1 aromatic rings. The topological polar surface area (TPSA) is 53.6 Å². The lowest BCUT2D eigenvalue weighted by atomic mass is 9.96. The lowest BCUT2D eigenvalue weighted by Crippen LogP contribution is -2.27. The first-order chi connectivity index (χ1) is 6.53. The van der Waals surface area contributed by atoms with Gasteiger partial charge in [0, 0.05) is 31.9 Å². The van der Waals surface area contributed by atoms with Crippen molar-refractivity contribution in [3.63, 3.8) is 0 Å². The van der Waals surface area contributed by atoms with Crippen LogP contribution in [0, 0.1) is 16.7 Å².